The Bertz CT molecular complexity index is 966. The Balaban J connectivity index is 1.93. The van der Waals surface area contributed by atoms with Crippen molar-refractivity contribution in [3.63, 3.8) is 0 Å². The Morgan fingerprint density at radius 1 is 1.09 bits per heavy atom. The number of rotatable bonds is 5. The first kappa shape index (κ1) is 23.3. The fraction of sp³-hybridized carbons (Fsp3) is 0.400. The van der Waals surface area contributed by atoms with Gasteiger partial charge in [-0.1, -0.05) is 67.1 Å². The molecule has 1 heterocycles. The van der Waals surface area contributed by atoms with Crippen molar-refractivity contribution in [3.05, 3.63) is 71.3 Å². The molecule has 0 bridgehead atoms. The lowest BCUT2D eigenvalue weighted by Crippen LogP contribution is -2.52. The number of ether oxygens (including phenoxy) is 2. The third-order valence-electron chi connectivity index (χ3n) is 5.34. The molecule has 1 aliphatic rings. The maximum atomic E-state index is 13.7. The van der Waals surface area contributed by atoms with Crippen molar-refractivity contribution < 1.29 is 23.9 Å². The van der Waals surface area contributed by atoms with E-state index < -0.39 is 41.7 Å². The zero-order chi connectivity index (χ0) is 23.5. The Kier molecular flexibility index (Phi) is 6.87. The van der Waals surface area contributed by atoms with Crippen molar-refractivity contribution in [1.29, 1.82) is 0 Å². The number of aryl methyl sites for hydroxylation is 1. The van der Waals surface area contributed by atoms with Gasteiger partial charge in [-0.15, -0.1) is 0 Å². The molecule has 0 aliphatic carbocycles. The number of benzene rings is 2. The molecule has 3 amide bonds. The molecule has 0 aromatic heterocycles. The smallest absolute Gasteiger partial charge is 0.417 e. The lowest BCUT2D eigenvalue weighted by molar-refractivity contribution is -0.132. The average molecular weight is 439 g/mol. The van der Waals surface area contributed by atoms with Gasteiger partial charge in [0.15, 0.2) is 0 Å². The normalized spacial score (nSPS) is 18.0. The van der Waals surface area contributed by atoms with Gasteiger partial charge in [0.1, 0.15) is 24.3 Å². The predicted octanol–water partition coefficient (Wildman–Crippen LogP) is 4.71. The quantitative estimate of drug-likeness (QED) is 0.731. The highest BCUT2D eigenvalue weighted by atomic mass is 16.6. The minimum Gasteiger partial charge on any atom is -0.446 e. The zero-order valence-electron chi connectivity index (χ0n) is 19.1. The molecule has 170 valence electrons. The average Bonchev–Trinajstić information content (AvgIpc) is 3.12. The van der Waals surface area contributed by atoms with Crippen LogP contribution < -0.4 is 5.32 Å². The topological polar surface area (TPSA) is 84.9 Å². The van der Waals surface area contributed by atoms with Crippen molar-refractivity contribution in [3.8, 4) is 0 Å². The molecule has 7 nitrogen and oxygen atoms in total. The summed E-state index contributed by atoms with van der Waals surface area (Å²) in [5.74, 6) is -0.958. The van der Waals surface area contributed by atoms with Gasteiger partial charge in [-0.2, -0.15) is 0 Å². The Labute approximate surface area is 188 Å². The number of carbonyl (C=O) groups is 3. The van der Waals surface area contributed by atoms with E-state index in [9.17, 15) is 14.4 Å². The highest BCUT2D eigenvalue weighted by Crippen LogP contribution is 2.31. The first-order chi connectivity index (χ1) is 15.1. The van der Waals surface area contributed by atoms with Crippen molar-refractivity contribution in [1.82, 2.24) is 10.2 Å². The second-order valence-electron chi connectivity index (χ2n) is 9.03. The number of amides is 3. The van der Waals surface area contributed by atoms with Crippen molar-refractivity contribution >= 4 is 18.1 Å². The van der Waals surface area contributed by atoms with Crippen LogP contribution in [0.1, 0.15) is 56.3 Å². The fourth-order valence-electron chi connectivity index (χ4n) is 3.63. The maximum Gasteiger partial charge on any atom is 0.417 e. The predicted molar refractivity (Wildman–Crippen MR) is 120 cm³/mol. The van der Waals surface area contributed by atoms with Gasteiger partial charge in [0, 0.05) is 5.92 Å². The van der Waals surface area contributed by atoms with E-state index in [1.165, 1.54) is 0 Å². The van der Waals surface area contributed by atoms with Crippen LogP contribution in [0.2, 0.25) is 0 Å². The number of imide groups is 1. The van der Waals surface area contributed by atoms with Gasteiger partial charge in [0.05, 0.1) is 0 Å². The molecule has 1 N–H and O–H groups in total. The van der Waals surface area contributed by atoms with Gasteiger partial charge >= 0.3 is 12.2 Å². The first-order valence-corrected chi connectivity index (χ1v) is 10.7. The molecule has 32 heavy (non-hydrogen) atoms. The number of hydrogen-bond acceptors (Lipinski definition) is 5. The number of cyclic esters (lactones) is 1. The van der Waals surface area contributed by atoms with Crippen molar-refractivity contribution in [2.75, 3.05) is 6.61 Å². The molecule has 0 unspecified atom stereocenters. The summed E-state index contributed by atoms with van der Waals surface area (Å²) in [7, 11) is 0. The van der Waals surface area contributed by atoms with Crippen LogP contribution in [0.25, 0.3) is 0 Å². The molecule has 2 aromatic carbocycles. The van der Waals surface area contributed by atoms with E-state index in [1.807, 2.05) is 68.4 Å². The fourth-order valence-corrected chi connectivity index (χ4v) is 3.63. The monoisotopic (exact) mass is 438 g/mol. The van der Waals surface area contributed by atoms with Crippen LogP contribution in [0.15, 0.2) is 54.6 Å². The largest absolute Gasteiger partial charge is 0.446 e. The molecule has 2 aromatic rings. The van der Waals surface area contributed by atoms with E-state index in [0.29, 0.717) is 0 Å². The van der Waals surface area contributed by atoms with Crippen molar-refractivity contribution in [2.24, 2.45) is 0 Å². The molecular weight excluding hydrogens is 408 g/mol. The van der Waals surface area contributed by atoms with Crippen LogP contribution in [0, 0.1) is 6.92 Å². The summed E-state index contributed by atoms with van der Waals surface area (Å²) in [5.41, 5.74) is 1.99. The molecule has 0 radical (unpaired) electrons. The molecule has 1 fully saturated rings. The number of carbonyl (C=O) groups excluding carboxylic acids is 3. The van der Waals surface area contributed by atoms with Gasteiger partial charge in [0.2, 0.25) is 0 Å². The van der Waals surface area contributed by atoms with Crippen LogP contribution in [-0.2, 0) is 14.3 Å². The summed E-state index contributed by atoms with van der Waals surface area (Å²) >= 11 is 0. The summed E-state index contributed by atoms with van der Waals surface area (Å²) in [4.78, 5) is 39.9. The first-order valence-electron chi connectivity index (χ1n) is 10.7. The molecule has 1 saturated heterocycles. The number of hydrogen-bond donors (Lipinski definition) is 1. The number of nitrogens with one attached hydrogen (secondary N) is 1. The lowest BCUT2D eigenvalue weighted by Gasteiger charge is -2.30. The van der Waals surface area contributed by atoms with Crippen LogP contribution in [0.5, 0.6) is 0 Å². The molecule has 3 rings (SSSR count). The van der Waals surface area contributed by atoms with Crippen LogP contribution in [0.3, 0.4) is 0 Å². The van der Waals surface area contributed by atoms with Crippen LogP contribution in [-0.4, -0.2) is 41.2 Å². The second-order valence-corrected chi connectivity index (χ2v) is 9.03. The molecule has 3 atom stereocenters. The maximum absolute atomic E-state index is 13.7. The van der Waals surface area contributed by atoms with Gasteiger partial charge < -0.3 is 14.8 Å². The van der Waals surface area contributed by atoms with Gasteiger partial charge in [-0.05, 0) is 38.8 Å². The Morgan fingerprint density at radius 2 is 1.72 bits per heavy atom. The van der Waals surface area contributed by atoms with E-state index in [-0.39, 0.29) is 6.61 Å². The standard InChI is InChI=1S/C25H30N2O5/c1-16-11-13-18(14-12-16)17(2)21(26-23(29)32-25(3,4)5)22(28)27-20(15-31-24(27)30)19-9-7-6-8-10-19/h6-14,17,20-21H,15H2,1-5H3,(H,26,29)/t17-,20+,21+/m1/s1. The Morgan fingerprint density at radius 3 is 2.31 bits per heavy atom. The molecular formula is C25H30N2O5. The summed E-state index contributed by atoms with van der Waals surface area (Å²) in [6.07, 6.45) is -1.45. The lowest BCUT2D eigenvalue weighted by atomic mass is 9.91. The summed E-state index contributed by atoms with van der Waals surface area (Å²) in [5, 5.41) is 2.70. The molecule has 1 aliphatic heterocycles. The second kappa shape index (κ2) is 9.42. The van der Waals surface area contributed by atoms with Crippen molar-refractivity contribution in [2.45, 2.75) is 58.2 Å². The number of alkyl carbamates (subject to hydrolysis) is 1. The SMILES string of the molecule is Cc1ccc([C@@H](C)[C@H](NC(=O)OC(C)(C)C)C(=O)N2C(=O)OC[C@H]2c2ccccc2)cc1. The summed E-state index contributed by atoms with van der Waals surface area (Å²) < 4.78 is 10.6. The van der Waals surface area contributed by atoms with E-state index >= 15 is 0 Å². The summed E-state index contributed by atoms with van der Waals surface area (Å²) in [6, 6.07) is 15.3. The van der Waals surface area contributed by atoms with E-state index in [0.717, 1.165) is 21.6 Å². The molecule has 0 spiro atoms. The van der Waals surface area contributed by atoms with E-state index in [1.54, 1.807) is 20.8 Å². The minimum atomic E-state index is -1.02. The highest BCUT2D eigenvalue weighted by Gasteiger charge is 2.44. The highest BCUT2D eigenvalue weighted by molar-refractivity contribution is 5.98. The van der Waals surface area contributed by atoms with Crippen LogP contribution in [0.4, 0.5) is 9.59 Å². The third kappa shape index (κ3) is 5.46. The van der Waals surface area contributed by atoms with Crippen LogP contribution >= 0.6 is 0 Å². The number of nitrogens with zero attached hydrogens (tertiary/aromatic N) is 1. The Hall–Kier alpha value is -3.35. The van der Waals surface area contributed by atoms with Gasteiger partial charge in [-0.3, -0.25) is 4.79 Å². The third-order valence-corrected chi connectivity index (χ3v) is 5.34. The van der Waals surface area contributed by atoms with E-state index in [4.69, 9.17) is 9.47 Å². The van der Waals surface area contributed by atoms with Gasteiger partial charge in [-0.25, -0.2) is 14.5 Å². The molecule has 0 saturated carbocycles. The zero-order valence-corrected chi connectivity index (χ0v) is 19.1. The molecule has 7 heteroatoms. The summed E-state index contributed by atoms with van der Waals surface area (Å²) in [6.45, 7) is 9.11. The minimum absolute atomic E-state index is 0.0622. The van der Waals surface area contributed by atoms with Gasteiger partial charge in [0.25, 0.3) is 5.91 Å². The van der Waals surface area contributed by atoms with E-state index in [2.05, 4.69) is 5.32 Å².